The number of carbonyl (C=O) groups excluding carboxylic acids is 1. The maximum absolute atomic E-state index is 13.0. The van der Waals surface area contributed by atoms with Crippen LogP contribution in [0.15, 0.2) is 59.8 Å². The molecule has 3 rings (SSSR count). The van der Waals surface area contributed by atoms with E-state index >= 15 is 0 Å². The molecule has 0 bridgehead atoms. The van der Waals surface area contributed by atoms with Crippen LogP contribution in [0.5, 0.6) is 0 Å². The number of benzene rings is 2. The largest absolute Gasteiger partial charge is 0.305 e. The van der Waals surface area contributed by atoms with E-state index in [1.54, 1.807) is 0 Å². The Hall–Kier alpha value is -2.47. The van der Waals surface area contributed by atoms with Crippen LogP contribution in [0.2, 0.25) is 0 Å². The monoisotopic (exact) mass is 341 g/mol. The standard InChI is InChI=1S/C18H16FN3OS/c1-12(16(23)13-8-10-15(19)11-9-13)24-18-21-20-17(22(18)2)14-6-4-3-5-7-14/h3-12H,1-2H3. The first-order chi connectivity index (χ1) is 11.6. The minimum atomic E-state index is -0.354. The number of nitrogens with zero attached hydrogens (tertiary/aromatic N) is 3. The molecule has 1 unspecified atom stereocenters. The highest BCUT2D eigenvalue weighted by Gasteiger charge is 2.20. The molecule has 0 saturated heterocycles. The quantitative estimate of drug-likeness (QED) is 0.520. The van der Waals surface area contributed by atoms with Gasteiger partial charge in [0.15, 0.2) is 16.8 Å². The van der Waals surface area contributed by atoms with E-state index < -0.39 is 0 Å². The molecule has 0 aliphatic carbocycles. The number of rotatable bonds is 5. The third kappa shape index (κ3) is 3.38. The Balaban J connectivity index is 1.78. The van der Waals surface area contributed by atoms with Gasteiger partial charge in [0.1, 0.15) is 5.82 Å². The first kappa shape index (κ1) is 16.4. The average Bonchev–Trinajstić information content (AvgIpc) is 2.96. The van der Waals surface area contributed by atoms with Crippen molar-refractivity contribution in [2.45, 2.75) is 17.3 Å². The molecule has 2 aromatic carbocycles. The lowest BCUT2D eigenvalue weighted by atomic mass is 10.1. The van der Waals surface area contributed by atoms with Crippen molar-refractivity contribution < 1.29 is 9.18 Å². The van der Waals surface area contributed by atoms with Crippen molar-refractivity contribution >= 4 is 17.5 Å². The molecular formula is C18H16FN3OS. The zero-order chi connectivity index (χ0) is 17.1. The molecular weight excluding hydrogens is 325 g/mol. The minimum absolute atomic E-state index is 0.0655. The number of hydrogen-bond donors (Lipinski definition) is 0. The van der Waals surface area contributed by atoms with Gasteiger partial charge < -0.3 is 4.57 Å². The molecule has 0 fully saturated rings. The van der Waals surface area contributed by atoms with Crippen LogP contribution in [0.3, 0.4) is 0 Å². The number of hydrogen-bond acceptors (Lipinski definition) is 4. The van der Waals surface area contributed by atoms with E-state index in [-0.39, 0.29) is 16.9 Å². The van der Waals surface area contributed by atoms with Crippen molar-refractivity contribution in [1.82, 2.24) is 14.8 Å². The Morgan fingerprint density at radius 1 is 1.08 bits per heavy atom. The molecule has 0 aliphatic heterocycles. The molecule has 1 atom stereocenters. The van der Waals surface area contributed by atoms with Gasteiger partial charge in [-0.05, 0) is 31.2 Å². The van der Waals surface area contributed by atoms with E-state index in [0.717, 1.165) is 11.4 Å². The molecule has 3 aromatic rings. The van der Waals surface area contributed by atoms with Crippen molar-refractivity contribution in [1.29, 1.82) is 0 Å². The summed E-state index contributed by atoms with van der Waals surface area (Å²) in [6.07, 6.45) is 0. The molecule has 0 saturated carbocycles. The molecule has 6 heteroatoms. The summed E-state index contributed by atoms with van der Waals surface area (Å²) in [4.78, 5) is 12.4. The van der Waals surface area contributed by atoms with E-state index in [1.165, 1.54) is 36.0 Å². The number of Topliss-reactive ketones (excluding diaryl/α,β-unsaturated/α-hetero) is 1. The summed E-state index contributed by atoms with van der Waals surface area (Å²) in [5, 5.41) is 8.72. The number of carbonyl (C=O) groups is 1. The Morgan fingerprint density at radius 3 is 2.42 bits per heavy atom. The van der Waals surface area contributed by atoms with Gasteiger partial charge >= 0.3 is 0 Å². The van der Waals surface area contributed by atoms with Gasteiger partial charge in [0.05, 0.1) is 5.25 Å². The maximum Gasteiger partial charge on any atom is 0.191 e. The fraction of sp³-hybridized carbons (Fsp3) is 0.167. The number of thioether (sulfide) groups is 1. The van der Waals surface area contributed by atoms with Gasteiger partial charge in [-0.15, -0.1) is 10.2 Å². The number of halogens is 1. The molecule has 0 aliphatic rings. The Bertz CT molecular complexity index is 846. The van der Waals surface area contributed by atoms with Crippen LogP contribution in [0, 0.1) is 5.82 Å². The molecule has 0 N–H and O–H groups in total. The summed E-state index contributed by atoms with van der Waals surface area (Å²) in [7, 11) is 1.87. The summed E-state index contributed by atoms with van der Waals surface area (Å²) in [5.74, 6) is 0.330. The van der Waals surface area contributed by atoms with E-state index in [1.807, 2.05) is 48.9 Å². The van der Waals surface area contributed by atoms with Crippen molar-refractivity contribution in [2.75, 3.05) is 0 Å². The van der Waals surface area contributed by atoms with Gasteiger partial charge in [-0.1, -0.05) is 42.1 Å². The van der Waals surface area contributed by atoms with E-state index in [0.29, 0.717) is 10.7 Å². The zero-order valence-electron chi connectivity index (χ0n) is 13.3. The van der Waals surface area contributed by atoms with Gasteiger partial charge in [0.2, 0.25) is 0 Å². The van der Waals surface area contributed by atoms with Gasteiger partial charge in [0.25, 0.3) is 0 Å². The normalized spacial score (nSPS) is 12.1. The molecule has 4 nitrogen and oxygen atoms in total. The van der Waals surface area contributed by atoms with Crippen LogP contribution in [0.1, 0.15) is 17.3 Å². The molecule has 122 valence electrons. The fourth-order valence-electron chi connectivity index (χ4n) is 2.32. The predicted molar refractivity (Wildman–Crippen MR) is 92.5 cm³/mol. The van der Waals surface area contributed by atoms with Crippen LogP contribution < -0.4 is 0 Å². The lowest BCUT2D eigenvalue weighted by Gasteiger charge is -2.10. The predicted octanol–water partition coefficient (Wildman–Crippen LogP) is 3.98. The zero-order valence-corrected chi connectivity index (χ0v) is 14.1. The van der Waals surface area contributed by atoms with E-state index in [2.05, 4.69) is 10.2 Å². The second-order valence-electron chi connectivity index (χ2n) is 5.36. The molecule has 0 spiro atoms. The summed E-state index contributed by atoms with van der Waals surface area (Å²) in [6.45, 7) is 1.81. The van der Waals surface area contributed by atoms with Crippen LogP contribution in [0.4, 0.5) is 4.39 Å². The maximum atomic E-state index is 13.0. The number of ketones is 1. The molecule has 1 heterocycles. The Morgan fingerprint density at radius 2 is 1.75 bits per heavy atom. The van der Waals surface area contributed by atoms with E-state index in [9.17, 15) is 9.18 Å². The van der Waals surface area contributed by atoms with Crippen LogP contribution >= 0.6 is 11.8 Å². The summed E-state index contributed by atoms with van der Waals surface area (Å²) in [5.41, 5.74) is 1.46. The fourth-order valence-corrected chi connectivity index (χ4v) is 3.21. The highest BCUT2D eigenvalue weighted by Crippen LogP contribution is 2.27. The van der Waals surface area contributed by atoms with Crippen LogP contribution in [-0.2, 0) is 7.05 Å². The second-order valence-corrected chi connectivity index (χ2v) is 6.67. The van der Waals surface area contributed by atoms with Crippen LogP contribution in [0.25, 0.3) is 11.4 Å². The average molecular weight is 341 g/mol. The van der Waals surface area contributed by atoms with Crippen molar-refractivity contribution in [3.8, 4) is 11.4 Å². The molecule has 1 aromatic heterocycles. The molecule has 0 amide bonds. The Kier molecular flexibility index (Phi) is 4.76. The summed E-state index contributed by atoms with van der Waals surface area (Å²) in [6, 6.07) is 15.3. The van der Waals surface area contributed by atoms with Crippen molar-refractivity contribution in [3.63, 3.8) is 0 Å². The molecule has 0 radical (unpaired) electrons. The number of aromatic nitrogens is 3. The summed E-state index contributed by atoms with van der Waals surface area (Å²) >= 11 is 1.34. The third-order valence-corrected chi connectivity index (χ3v) is 4.78. The molecule has 24 heavy (non-hydrogen) atoms. The first-order valence-electron chi connectivity index (χ1n) is 7.47. The van der Waals surface area contributed by atoms with Crippen LogP contribution in [-0.4, -0.2) is 25.8 Å². The van der Waals surface area contributed by atoms with Crippen molar-refractivity contribution in [3.05, 3.63) is 66.0 Å². The topological polar surface area (TPSA) is 47.8 Å². The van der Waals surface area contributed by atoms with Gasteiger partial charge in [-0.3, -0.25) is 4.79 Å². The summed E-state index contributed by atoms with van der Waals surface area (Å²) < 4.78 is 14.8. The highest BCUT2D eigenvalue weighted by molar-refractivity contribution is 8.00. The smallest absolute Gasteiger partial charge is 0.191 e. The lowest BCUT2D eigenvalue weighted by molar-refractivity contribution is 0.0994. The highest BCUT2D eigenvalue weighted by atomic mass is 32.2. The SMILES string of the molecule is CC(Sc1nnc(-c2ccccc2)n1C)C(=O)c1ccc(F)cc1. The second kappa shape index (κ2) is 6.97. The third-order valence-electron chi connectivity index (χ3n) is 3.65. The van der Waals surface area contributed by atoms with E-state index in [4.69, 9.17) is 0 Å². The lowest BCUT2D eigenvalue weighted by Crippen LogP contribution is -2.14. The van der Waals surface area contributed by atoms with Crippen molar-refractivity contribution in [2.24, 2.45) is 7.05 Å². The Labute approximate surface area is 143 Å². The first-order valence-corrected chi connectivity index (χ1v) is 8.35. The minimum Gasteiger partial charge on any atom is -0.305 e. The van der Waals surface area contributed by atoms with Gasteiger partial charge in [-0.25, -0.2) is 4.39 Å². The van der Waals surface area contributed by atoms with Gasteiger partial charge in [-0.2, -0.15) is 0 Å². The van der Waals surface area contributed by atoms with Gasteiger partial charge in [0, 0.05) is 18.2 Å².